The van der Waals surface area contributed by atoms with Crippen molar-refractivity contribution in [3.8, 4) is 5.75 Å². The lowest BCUT2D eigenvalue weighted by molar-refractivity contribution is -0.139. The van der Waals surface area contributed by atoms with E-state index >= 15 is 0 Å². The first-order valence-electron chi connectivity index (χ1n) is 9.75. The van der Waals surface area contributed by atoms with Crippen LogP contribution in [-0.4, -0.2) is 57.5 Å². The van der Waals surface area contributed by atoms with Gasteiger partial charge in [0.25, 0.3) is 5.91 Å². The van der Waals surface area contributed by atoms with Gasteiger partial charge in [0.1, 0.15) is 11.6 Å². The molecule has 6 heteroatoms. The topological polar surface area (TPSA) is 50.6 Å². The highest BCUT2D eigenvalue weighted by atomic mass is 16.5. The highest BCUT2D eigenvalue weighted by Gasteiger charge is 2.26. The van der Waals surface area contributed by atoms with Crippen molar-refractivity contribution in [1.29, 1.82) is 0 Å². The molecule has 1 amide bonds. The van der Waals surface area contributed by atoms with Crippen LogP contribution in [0.5, 0.6) is 5.75 Å². The summed E-state index contributed by atoms with van der Waals surface area (Å²) in [6.45, 7) is 5.72. The van der Waals surface area contributed by atoms with Gasteiger partial charge in [-0.3, -0.25) is 9.69 Å². The Labute approximate surface area is 165 Å². The van der Waals surface area contributed by atoms with Gasteiger partial charge < -0.3 is 14.2 Å². The Balaban J connectivity index is 1.32. The number of hydrogen-bond acceptors (Lipinski definition) is 4. The van der Waals surface area contributed by atoms with E-state index in [4.69, 9.17) is 9.72 Å². The molecular weight excluding hydrogens is 352 g/mol. The molecule has 2 heterocycles. The van der Waals surface area contributed by atoms with Crippen LogP contribution in [0.3, 0.4) is 0 Å². The van der Waals surface area contributed by atoms with E-state index in [1.165, 1.54) is 0 Å². The average Bonchev–Trinajstić information content (AvgIpc) is 3.04. The molecule has 0 spiro atoms. The number of carbonyl (C=O) groups excluding carboxylic acids is 1. The molecule has 0 aliphatic carbocycles. The molecule has 146 valence electrons. The molecule has 1 aliphatic rings. The number of nitrogens with zero attached hydrogens (tertiary/aromatic N) is 4. The van der Waals surface area contributed by atoms with Gasteiger partial charge in [0.05, 0.1) is 17.6 Å². The third-order valence-corrected chi connectivity index (χ3v) is 5.33. The quantitative estimate of drug-likeness (QED) is 0.685. The Hall–Kier alpha value is -2.86. The van der Waals surface area contributed by atoms with Crippen molar-refractivity contribution in [2.75, 3.05) is 26.2 Å². The number of piperazine rings is 1. The SMILES string of the molecule is C[C@@H](Oc1ccccc1)C(=O)N1CCN(Cc2nc3ccccc3n2C)CC1. The number of rotatable bonds is 5. The Kier molecular flexibility index (Phi) is 5.30. The van der Waals surface area contributed by atoms with Gasteiger partial charge in [0.15, 0.2) is 6.10 Å². The molecule has 3 aromatic rings. The van der Waals surface area contributed by atoms with Crippen molar-refractivity contribution in [2.45, 2.75) is 19.6 Å². The number of carbonyl (C=O) groups is 1. The van der Waals surface area contributed by atoms with Crippen molar-refractivity contribution in [1.82, 2.24) is 19.4 Å². The third-order valence-electron chi connectivity index (χ3n) is 5.33. The normalized spacial score (nSPS) is 16.3. The first-order chi connectivity index (χ1) is 13.6. The number of fused-ring (bicyclic) bond motifs is 1. The number of imidazole rings is 1. The Bertz CT molecular complexity index is 946. The summed E-state index contributed by atoms with van der Waals surface area (Å²) >= 11 is 0. The monoisotopic (exact) mass is 378 g/mol. The summed E-state index contributed by atoms with van der Waals surface area (Å²) in [7, 11) is 2.06. The Morgan fingerprint density at radius 3 is 2.43 bits per heavy atom. The van der Waals surface area contributed by atoms with Crippen LogP contribution >= 0.6 is 0 Å². The summed E-state index contributed by atoms with van der Waals surface area (Å²) < 4.78 is 7.94. The number of para-hydroxylation sites is 3. The largest absolute Gasteiger partial charge is 0.481 e. The number of amides is 1. The van der Waals surface area contributed by atoms with Crippen molar-refractivity contribution in [3.63, 3.8) is 0 Å². The molecule has 1 saturated heterocycles. The van der Waals surface area contributed by atoms with Gasteiger partial charge in [-0.1, -0.05) is 30.3 Å². The lowest BCUT2D eigenvalue weighted by atomic mass is 10.2. The van der Waals surface area contributed by atoms with Gasteiger partial charge in [-0.25, -0.2) is 4.98 Å². The molecule has 0 unspecified atom stereocenters. The summed E-state index contributed by atoms with van der Waals surface area (Å²) in [5.41, 5.74) is 2.18. The maximum Gasteiger partial charge on any atom is 0.263 e. The number of aryl methyl sites for hydroxylation is 1. The lowest BCUT2D eigenvalue weighted by Crippen LogP contribution is -2.51. The second-order valence-corrected chi connectivity index (χ2v) is 7.25. The molecule has 0 bridgehead atoms. The predicted molar refractivity (Wildman–Crippen MR) is 109 cm³/mol. The molecular formula is C22H26N4O2. The first kappa shape index (κ1) is 18.5. The van der Waals surface area contributed by atoms with E-state index in [0.29, 0.717) is 13.1 Å². The molecule has 6 nitrogen and oxygen atoms in total. The second-order valence-electron chi connectivity index (χ2n) is 7.25. The summed E-state index contributed by atoms with van der Waals surface area (Å²) in [4.78, 5) is 21.7. The van der Waals surface area contributed by atoms with Gasteiger partial charge in [0.2, 0.25) is 0 Å². The fourth-order valence-corrected chi connectivity index (χ4v) is 3.67. The van der Waals surface area contributed by atoms with E-state index in [-0.39, 0.29) is 5.91 Å². The molecule has 0 saturated carbocycles. The van der Waals surface area contributed by atoms with Crippen LogP contribution in [0.15, 0.2) is 54.6 Å². The summed E-state index contributed by atoms with van der Waals surface area (Å²) in [5, 5.41) is 0. The zero-order valence-electron chi connectivity index (χ0n) is 16.4. The van der Waals surface area contributed by atoms with Crippen molar-refractivity contribution < 1.29 is 9.53 Å². The van der Waals surface area contributed by atoms with Gasteiger partial charge in [-0.15, -0.1) is 0 Å². The minimum atomic E-state index is -0.478. The Morgan fingerprint density at radius 1 is 1.04 bits per heavy atom. The highest BCUT2D eigenvalue weighted by Crippen LogP contribution is 2.17. The van der Waals surface area contributed by atoms with Crippen molar-refractivity contribution in [2.24, 2.45) is 7.05 Å². The smallest absolute Gasteiger partial charge is 0.263 e. The maximum absolute atomic E-state index is 12.7. The van der Waals surface area contributed by atoms with Crippen molar-refractivity contribution >= 4 is 16.9 Å². The van der Waals surface area contributed by atoms with Crippen molar-refractivity contribution in [3.05, 3.63) is 60.4 Å². The fraction of sp³-hybridized carbons (Fsp3) is 0.364. The number of hydrogen-bond donors (Lipinski definition) is 0. The van der Waals surface area contributed by atoms with Crippen LogP contribution in [0.1, 0.15) is 12.7 Å². The Morgan fingerprint density at radius 2 is 1.71 bits per heavy atom. The minimum absolute atomic E-state index is 0.0474. The standard InChI is InChI=1S/C22H26N4O2/c1-17(28-18-8-4-3-5-9-18)22(27)26-14-12-25(13-15-26)16-21-23-19-10-6-7-11-20(19)24(21)2/h3-11,17H,12-16H2,1-2H3/t17-/m1/s1. The molecule has 2 aromatic carbocycles. The zero-order chi connectivity index (χ0) is 19.5. The zero-order valence-corrected chi connectivity index (χ0v) is 16.4. The number of aromatic nitrogens is 2. The van der Waals surface area contributed by atoms with E-state index in [0.717, 1.165) is 42.2 Å². The van der Waals surface area contributed by atoms with Crippen LogP contribution in [0.25, 0.3) is 11.0 Å². The van der Waals surface area contributed by atoms with Crippen LogP contribution in [0.4, 0.5) is 0 Å². The van der Waals surface area contributed by atoms with E-state index in [2.05, 4.69) is 22.6 Å². The third kappa shape index (κ3) is 3.87. The lowest BCUT2D eigenvalue weighted by Gasteiger charge is -2.35. The second kappa shape index (κ2) is 8.02. The predicted octanol–water partition coefficient (Wildman–Crippen LogP) is 2.69. The van der Waals surface area contributed by atoms with E-state index < -0.39 is 6.10 Å². The molecule has 1 aromatic heterocycles. The maximum atomic E-state index is 12.7. The highest BCUT2D eigenvalue weighted by molar-refractivity contribution is 5.81. The van der Waals surface area contributed by atoms with E-state index in [1.54, 1.807) is 0 Å². The summed E-state index contributed by atoms with van der Waals surface area (Å²) in [6, 6.07) is 17.7. The molecule has 1 aliphatic heterocycles. The molecule has 4 rings (SSSR count). The van der Waals surface area contributed by atoms with Crippen LogP contribution in [0.2, 0.25) is 0 Å². The average molecular weight is 378 g/mol. The molecule has 28 heavy (non-hydrogen) atoms. The van der Waals surface area contributed by atoms with Crippen LogP contribution < -0.4 is 4.74 Å². The summed E-state index contributed by atoms with van der Waals surface area (Å²) in [6.07, 6.45) is -0.478. The molecule has 0 radical (unpaired) electrons. The van der Waals surface area contributed by atoms with Gasteiger partial charge in [-0.2, -0.15) is 0 Å². The van der Waals surface area contributed by atoms with Crippen LogP contribution in [0, 0.1) is 0 Å². The summed E-state index contributed by atoms with van der Waals surface area (Å²) in [5.74, 6) is 1.83. The van der Waals surface area contributed by atoms with Crippen LogP contribution in [-0.2, 0) is 18.4 Å². The van der Waals surface area contributed by atoms with E-state index in [1.807, 2.05) is 60.4 Å². The first-order valence-corrected chi connectivity index (χ1v) is 9.75. The van der Waals surface area contributed by atoms with E-state index in [9.17, 15) is 4.79 Å². The number of ether oxygens (including phenoxy) is 1. The molecule has 1 fully saturated rings. The van der Waals surface area contributed by atoms with Gasteiger partial charge >= 0.3 is 0 Å². The molecule has 1 atom stereocenters. The fourth-order valence-electron chi connectivity index (χ4n) is 3.67. The number of benzene rings is 2. The van der Waals surface area contributed by atoms with Gasteiger partial charge in [-0.05, 0) is 31.2 Å². The minimum Gasteiger partial charge on any atom is -0.481 e. The molecule has 0 N–H and O–H groups in total. The van der Waals surface area contributed by atoms with Gasteiger partial charge in [0, 0.05) is 33.2 Å².